The first-order valence-electron chi connectivity index (χ1n) is 11.3. The molecular formula is C25H29N3O4S. The lowest BCUT2D eigenvalue weighted by Gasteiger charge is -2.26. The monoisotopic (exact) mass is 467 g/mol. The third-order valence-electron chi connectivity index (χ3n) is 6.24. The number of nitrogens with one attached hydrogen (secondary N) is 1. The lowest BCUT2D eigenvalue weighted by molar-refractivity contribution is -0.152. The second-order valence-corrected chi connectivity index (χ2v) is 10.1. The van der Waals surface area contributed by atoms with Gasteiger partial charge < -0.3 is 10.1 Å². The zero-order valence-corrected chi connectivity index (χ0v) is 20.3. The first-order chi connectivity index (χ1) is 15.7. The summed E-state index contributed by atoms with van der Waals surface area (Å²) >= 11 is 1.18. The molecule has 1 amide bonds. The molecule has 0 spiro atoms. The van der Waals surface area contributed by atoms with Gasteiger partial charge in [0.05, 0.1) is 16.6 Å². The molecule has 0 bridgehead atoms. The van der Waals surface area contributed by atoms with Crippen molar-refractivity contribution >= 4 is 39.1 Å². The maximum absolute atomic E-state index is 13.1. The van der Waals surface area contributed by atoms with E-state index in [0.29, 0.717) is 26.6 Å². The topological polar surface area (TPSA) is 90.3 Å². The van der Waals surface area contributed by atoms with Crippen molar-refractivity contribution in [2.45, 2.75) is 66.0 Å². The fourth-order valence-electron chi connectivity index (χ4n) is 4.47. The lowest BCUT2D eigenvalue weighted by Crippen LogP contribution is -2.30. The minimum Gasteiger partial charge on any atom is -0.461 e. The molecule has 174 valence electrons. The maximum Gasteiger partial charge on any atom is 0.326 e. The second-order valence-electron chi connectivity index (χ2n) is 9.07. The van der Waals surface area contributed by atoms with Crippen LogP contribution in [-0.4, -0.2) is 27.5 Å². The number of anilines is 1. The third-order valence-corrected chi connectivity index (χ3v) is 7.44. The van der Waals surface area contributed by atoms with Crippen molar-refractivity contribution in [3.05, 3.63) is 56.4 Å². The fraction of sp³-hybridized carbons (Fsp3) is 0.440. The van der Waals surface area contributed by atoms with Gasteiger partial charge in [0, 0.05) is 5.69 Å². The Kier molecular flexibility index (Phi) is 6.65. The normalized spacial score (nSPS) is 18.3. The van der Waals surface area contributed by atoms with Crippen LogP contribution in [0.5, 0.6) is 0 Å². The molecule has 1 aliphatic rings. The van der Waals surface area contributed by atoms with Gasteiger partial charge in [-0.25, -0.2) is 4.98 Å². The van der Waals surface area contributed by atoms with Crippen molar-refractivity contribution in [2.75, 3.05) is 5.32 Å². The van der Waals surface area contributed by atoms with Crippen LogP contribution in [0.1, 0.15) is 59.0 Å². The summed E-state index contributed by atoms with van der Waals surface area (Å²) in [7, 11) is 0. The highest BCUT2D eigenvalue weighted by Crippen LogP contribution is 2.29. The molecule has 2 unspecified atom stereocenters. The van der Waals surface area contributed by atoms with Crippen molar-refractivity contribution in [1.82, 2.24) is 9.55 Å². The smallest absolute Gasteiger partial charge is 0.326 e. The molecule has 4 rings (SSSR count). The summed E-state index contributed by atoms with van der Waals surface area (Å²) in [6.07, 6.45) is 5.21. The summed E-state index contributed by atoms with van der Waals surface area (Å²) in [6, 6.07) is 5.81. The predicted molar refractivity (Wildman–Crippen MR) is 130 cm³/mol. The van der Waals surface area contributed by atoms with Crippen molar-refractivity contribution in [3.8, 4) is 0 Å². The molecule has 2 aromatic heterocycles. The lowest BCUT2D eigenvalue weighted by atomic mass is 9.89. The highest BCUT2D eigenvalue weighted by Gasteiger charge is 2.24. The summed E-state index contributed by atoms with van der Waals surface area (Å²) in [5.41, 5.74) is 3.04. The number of carbonyl (C=O) groups is 2. The number of aromatic nitrogens is 2. The second kappa shape index (κ2) is 9.47. The Morgan fingerprint density at radius 1 is 1.24 bits per heavy atom. The van der Waals surface area contributed by atoms with Gasteiger partial charge in [-0.05, 0) is 63.1 Å². The summed E-state index contributed by atoms with van der Waals surface area (Å²) in [6.45, 7) is 7.65. The van der Waals surface area contributed by atoms with Crippen LogP contribution in [0.25, 0.3) is 10.2 Å². The van der Waals surface area contributed by atoms with Gasteiger partial charge in [-0.2, -0.15) is 0 Å². The number of benzene rings is 1. The van der Waals surface area contributed by atoms with E-state index in [1.54, 1.807) is 6.92 Å². The Balaban J connectivity index is 1.54. The number of amides is 1. The number of aryl methyl sites for hydroxylation is 3. The minimum absolute atomic E-state index is 0.0861. The molecule has 1 aromatic carbocycles. The van der Waals surface area contributed by atoms with E-state index in [2.05, 4.69) is 17.2 Å². The molecule has 0 saturated heterocycles. The van der Waals surface area contributed by atoms with Gasteiger partial charge >= 0.3 is 5.97 Å². The number of hydrogen-bond donors (Lipinski definition) is 1. The van der Waals surface area contributed by atoms with Crippen LogP contribution in [0.2, 0.25) is 0 Å². The van der Waals surface area contributed by atoms with E-state index in [-0.39, 0.29) is 24.1 Å². The average Bonchev–Trinajstić information content (AvgIpc) is 3.09. The van der Waals surface area contributed by atoms with E-state index in [1.165, 1.54) is 22.2 Å². The van der Waals surface area contributed by atoms with Gasteiger partial charge in [-0.3, -0.25) is 19.0 Å². The summed E-state index contributed by atoms with van der Waals surface area (Å²) in [4.78, 5) is 43.8. The molecule has 1 fully saturated rings. The van der Waals surface area contributed by atoms with Crippen LogP contribution >= 0.6 is 11.3 Å². The zero-order chi connectivity index (χ0) is 23.7. The van der Waals surface area contributed by atoms with Crippen LogP contribution in [0.4, 0.5) is 5.69 Å². The molecule has 0 aliphatic heterocycles. The van der Waals surface area contributed by atoms with Gasteiger partial charge in [0.15, 0.2) is 0 Å². The number of ether oxygens (including phenoxy) is 1. The fourth-order valence-corrected chi connectivity index (χ4v) is 5.50. The number of thiophene rings is 1. The van der Waals surface area contributed by atoms with Crippen LogP contribution < -0.4 is 10.9 Å². The van der Waals surface area contributed by atoms with Crippen molar-refractivity contribution in [3.63, 3.8) is 0 Å². The van der Waals surface area contributed by atoms with Crippen molar-refractivity contribution < 1.29 is 14.3 Å². The molecule has 8 heteroatoms. The minimum atomic E-state index is -0.432. The first kappa shape index (κ1) is 23.2. The largest absolute Gasteiger partial charge is 0.461 e. The molecule has 0 radical (unpaired) electrons. The first-order valence-corrected chi connectivity index (χ1v) is 12.1. The number of hydrogen-bond acceptors (Lipinski definition) is 6. The molecule has 7 nitrogen and oxygen atoms in total. The molecule has 2 atom stereocenters. The maximum atomic E-state index is 13.1. The number of carbonyl (C=O) groups excluding carboxylic acids is 2. The van der Waals surface area contributed by atoms with E-state index in [1.807, 2.05) is 32.0 Å². The van der Waals surface area contributed by atoms with Gasteiger partial charge in [0.1, 0.15) is 17.5 Å². The van der Waals surface area contributed by atoms with Crippen LogP contribution in [0, 0.1) is 26.7 Å². The Morgan fingerprint density at radius 3 is 2.76 bits per heavy atom. The van der Waals surface area contributed by atoms with Crippen LogP contribution in [0.15, 0.2) is 29.3 Å². The Bertz CT molecular complexity index is 1280. The molecule has 1 N–H and O–H groups in total. The number of rotatable bonds is 5. The quantitative estimate of drug-likeness (QED) is 0.547. The van der Waals surface area contributed by atoms with Crippen molar-refractivity contribution in [2.24, 2.45) is 5.92 Å². The van der Waals surface area contributed by atoms with Crippen LogP contribution in [-0.2, 0) is 16.1 Å². The molecule has 1 saturated carbocycles. The molecule has 1 aliphatic carbocycles. The highest BCUT2D eigenvalue weighted by atomic mass is 32.1. The van der Waals surface area contributed by atoms with E-state index >= 15 is 0 Å². The Labute approximate surface area is 196 Å². The number of esters is 1. The molecule has 3 aromatic rings. The van der Waals surface area contributed by atoms with E-state index in [4.69, 9.17) is 4.74 Å². The van der Waals surface area contributed by atoms with E-state index in [9.17, 15) is 14.4 Å². The van der Waals surface area contributed by atoms with E-state index < -0.39 is 5.97 Å². The predicted octanol–water partition coefficient (Wildman–Crippen LogP) is 4.76. The van der Waals surface area contributed by atoms with Gasteiger partial charge in [0.2, 0.25) is 0 Å². The summed E-state index contributed by atoms with van der Waals surface area (Å²) < 4.78 is 6.87. The number of fused-ring (bicyclic) bond motifs is 1. The molecule has 33 heavy (non-hydrogen) atoms. The van der Waals surface area contributed by atoms with Crippen molar-refractivity contribution in [1.29, 1.82) is 0 Å². The van der Waals surface area contributed by atoms with Gasteiger partial charge in [-0.15, -0.1) is 11.3 Å². The van der Waals surface area contributed by atoms with Crippen LogP contribution in [0.3, 0.4) is 0 Å². The summed E-state index contributed by atoms with van der Waals surface area (Å²) in [5.74, 6) is -0.170. The highest BCUT2D eigenvalue weighted by molar-refractivity contribution is 7.20. The SMILES string of the molecule is Cc1ccc(NC(=O)c2sc3ncn(CC(=O)OC4CCCC(C)C4)c(=O)c3c2C)c(C)c1. The zero-order valence-electron chi connectivity index (χ0n) is 19.4. The Hall–Kier alpha value is -3.00. The number of nitrogens with zero attached hydrogens (tertiary/aromatic N) is 2. The van der Waals surface area contributed by atoms with E-state index in [0.717, 1.165) is 42.5 Å². The van der Waals surface area contributed by atoms with Gasteiger partial charge in [-0.1, -0.05) is 31.0 Å². The molecular weight excluding hydrogens is 438 g/mol. The summed E-state index contributed by atoms with van der Waals surface area (Å²) in [5, 5.41) is 3.30. The Morgan fingerprint density at radius 2 is 2.03 bits per heavy atom. The third kappa shape index (κ3) is 5.00. The average molecular weight is 468 g/mol. The van der Waals surface area contributed by atoms with Gasteiger partial charge in [0.25, 0.3) is 11.5 Å². The standard InChI is InChI=1S/C25H29N3O4S/c1-14-6-5-7-18(11-14)32-20(29)12-28-13-26-24-21(25(28)31)17(4)22(33-24)23(30)27-19-9-8-15(2)10-16(19)3/h8-10,13-14,18H,5-7,11-12H2,1-4H3,(H,27,30). The molecule has 2 heterocycles.